The number of nitrogens with one attached hydrogen (secondary N) is 3. The summed E-state index contributed by atoms with van der Waals surface area (Å²) < 4.78 is 6.12. The monoisotopic (exact) mass is 463 g/mol. The van der Waals surface area contributed by atoms with Crippen molar-refractivity contribution >= 4 is 50.8 Å². The Balaban J connectivity index is 1.95. The summed E-state index contributed by atoms with van der Waals surface area (Å²) in [6.07, 6.45) is 0. The Labute approximate surface area is 178 Å². The Hall–Kier alpha value is -2.45. The molecular formula is C20H22BrN3O3S. The normalized spacial score (nSPS) is 10.3. The third-order valence-corrected chi connectivity index (χ3v) is 4.37. The van der Waals surface area contributed by atoms with E-state index in [-0.39, 0.29) is 23.0 Å². The Morgan fingerprint density at radius 1 is 1.07 bits per heavy atom. The molecule has 2 amide bonds. The maximum atomic E-state index is 12.4. The van der Waals surface area contributed by atoms with Crippen LogP contribution in [0.5, 0.6) is 5.75 Å². The van der Waals surface area contributed by atoms with E-state index in [4.69, 9.17) is 17.0 Å². The predicted octanol–water partition coefficient (Wildman–Crippen LogP) is 4.11. The first kappa shape index (κ1) is 21.8. The molecule has 0 spiro atoms. The fourth-order valence-corrected chi connectivity index (χ4v) is 3.01. The summed E-state index contributed by atoms with van der Waals surface area (Å²) in [5, 5.41) is 8.54. The standard InChI is InChI=1S/C20H22BrN3O3S/c1-4-27-17-10-7-14(11-16(17)21)19(26)24-20(28)23-15-8-5-13(6-9-15)18(25)22-12(2)3/h5-12H,4H2,1-3H3,(H,22,25)(H2,23,24,26,28). The number of halogens is 1. The molecule has 0 heterocycles. The molecule has 0 aliphatic heterocycles. The maximum absolute atomic E-state index is 12.4. The molecule has 8 heteroatoms. The van der Waals surface area contributed by atoms with Gasteiger partial charge < -0.3 is 15.4 Å². The van der Waals surface area contributed by atoms with Crippen LogP contribution in [0.3, 0.4) is 0 Å². The molecule has 0 aliphatic rings. The molecule has 2 aromatic carbocycles. The average Bonchev–Trinajstić information content (AvgIpc) is 2.63. The van der Waals surface area contributed by atoms with Gasteiger partial charge in [0.05, 0.1) is 11.1 Å². The molecule has 2 rings (SSSR count). The van der Waals surface area contributed by atoms with Gasteiger partial charge in [-0.25, -0.2) is 0 Å². The van der Waals surface area contributed by atoms with Crippen LogP contribution >= 0.6 is 28.1 Å². The molecule has 0 atom stereocenters. The minimum absolute atomic E-state index is 0.0655. The second-order valence-corrected chi connectivity index (χ2v) is 7.45. The van der Waals surface area contributed by atoms with Crippen molar-refractivity contribution in [1.29, 1.82) is 0 Å². The van der Waals surface area contributed by atoms with E-state index in [2.05, 4.69) is 31.9 Å². The first-order valence-electron chi connectivity index (χ1n) is 8.75. The van der Waals surface area contributed by atoms with Gasteiger partial charge in [0.25, 0.3) is 11.8 Å². The summed E-state index contributed by atoms with van der Waals surface area (Å²) in [4.78, 5) is 24.3. The maximum Gasteiger partial charge on any atom is 0.257 e. The van der Waals surface area contributed by atoms with E-state index in [0.717, 1.165) is 0 Å². The summed E-state index contributed by atoms with van der Waals surface area (Å²) in [6.45, 7) is 6.23. The average molecular weight is 464 g/mol. The van der Waals surface area contributed by atoms with E-state index in [1.807, 2.05) is 20.8 Å². The predicted molar refractivity (Wildman–Crippen MR) is 118 cm³/mol. The van der Waals surface area contributed by atoms with Crippen LogP contribution in [0, 0.1) is 0 Å². The van der Waals surface area contributed by atoms with Crippen molar-refractivity contribution in [1.82, 2.24) is 10.6 Å². The van der Waals surface area contributed by atoms with Crippen LogP contribution in [-0.2, 0) is 0 Å². The molecule has 0 bridgehead atoms. The molecule has 2 aromatic rings. The molecule has 0 unspecified atom stereocenters. The third kappa shape index (κ3) is 6.31. The second kappa shape index (κ2) is 10.2. The number of amides is 2. The first-order chi connectivity index (χ1) is 13.3. The van der Waals surface area contributed by atoms with Gasteiger partial charge in [-0.05, 0) is 91.4 Å². The van der Waals surface area contributed by atoms with Crippen molar-refractivity contribution in [3.8, 4) is 5.75 Å². The van der Waals surface area contributed by atoms with Crippen molar-refractivity contribution in [2.24, 2.45) is 0 Å². The minimum Gasteiger partial charge on any atom is -0.493 e. The SMILES string of the molecule is CCOc1ccc(C(=O)NC(=S)Nc2ccc(C(=O)NC(C)C)cc2)cc1Br. The van der Waals surface area contributed by atoms with E-state index in [1.165, 1.54) is 0 Å². The van der Waals surface area contributed by atoms with E-state index >= 15 is 0 Å². The number of benzene rings is 2. The molecule has 0 saturated carbocycles. The first-order valence-corrected chi connectivity index (χ1v) is 9.96. The topological polar surface area (TPSA) is 79.5 Å². The van der Waals surface area contributed by atoms with Gasteiger partial charge in [-0.3, -0.25) is 14.9 Å². The second-order valence-electron chi connectivity index (χ2n) is 6.19. The summed E-state index contributed by atoms with van der Waals surface area (Å²) >= 11 is 8.58. The molecular weight excluding hydrogens is 442 g/mol. The molecule has 0 aliphatic carbocycles. The van der Waals surface area contributed by atoms with E-state index in [1.54, 1.807) is 42.5 Å². The molecule has 0 fully saturated rings. The Bertz CT molecular complexity index is 869. The Morgan fingerprint density at radius 3 is 2.29 bits per heavy atom. The molecule has 0 aromatic heterocycles. The van der Waals surface area contributed by atoms with Gasteiger partial charge in [-0.2, -0.15) is 0 Å². The van der Waals surface area contributed by atoms with Crippen molar-refractivity contribution in [2.75, 3.05) is 11.9 Å². The van der Waals surface area contributed by atoms with Crippen LogP contribution in [0.1, 0.15) is 41.5 Å². The largest absolute Gasteiger partial charge is 0.493 e. The molecule has 0 saturated heterocycles. The van der Waals surface area contributed by atoms with Gasteiger partial charge >= 0.3 is 0 Å². The van der Waals surface area contributed by atoms with Gasteiger partial charge in [0, 0.05) is 22.9 Å². The van der Waals surface area contributed by atoms with Gasteiger partial charge in [0.2, 0.25) is 0 Å². The smallest absolute Gasteiger partial charge is 0.257 e. The van der Waals surface area contributed by atoms with Crippen LogP contribution in [0.15, 0.2) is 46.9 Å². The summed E-state index contributed by atoms with van der Waals surface area (Å²) in [5.41, 5.74) is 1.66. The number of ether oxygens (including phenoxy) is 1. The third-order valence-electron chi connectivity index (χ3n) is 3.55. The van der Waals surface area contributed by atoms with Gasteiger partial charge in [0.15, 0.2) is 5.11 Å². The fraction of sp³-hybridized carbons (Fsp3) is 0.250. The molecule has 0 radical (unpaired) electrons. The van der Waals surface area contributed by atoms with Crippen LogP contribution in [0.4, 0.5) is 5.69 Å². The zero-order chi connectivity index (χ0) is 20.7. The molecule has 148 valence electrons. The van der Waals surface area contributed by atoms with Crippen molar-refractivity contribution in [2.45, 2.75) is 26.8 Å². The van der Waals surface area contributed by atoms with Gasteiger partial charge in [-0.15, -0.1) is 0 Å². The van der Waals surface area contributed by atoms with Crippen LogP contribution < -0.4 is 20.7 Å². The lowest BCUT2D eigenvalue weighted by Crippen LogP contribution is -2.34. The zero-order valence-electron chi connectivity index (χ0n) is 15.8. The molecule has 28 heavy (non-hydrogen) atoms. The highest BCUT2D eigenvalue weighted by Crippen LogP contribution is 2.26. The lowest BCUT2D eigenvalue weighted by Gasteiger charge is -2.12. The number of rotatable bonds is 6. The lowest BCUT2D eigenvalue weighted by molar-refractivity contribution is 0.0941. The Kier molecular flexibility index (Phi) is 7.95. The number of hydrogen-bond acceptors (Lipinski definition) is 4. The van der Waals surface area contributed by atoms with E-state index < -0.39 is 0 Å². The Morgan fingerprint density at radius 2 is 1.71 bits per heavy atom. The lowest BCUT2D eigenvalue weighted by atomic mass is 10.2. The number of thiocarbonyl (C=S) groups is 1. The van der Waals surface area contributed by atoms with Crippen molar-refractivity contribution in [3.05, 3.63) is 58.1 Å². The van der Waals surface area contributed by atoms with Crippen LogP contribution in [-0.4, -0.2) is 29.6 Å². The number of carbonyl (C=O) groups excluding carboxylic acids is 2. The number of anilines is 1. The highest BCUT2D eigenvalue weighted by Gasteiger charge is 2.11. The fourth-order valence-electron chi connectivity index (χ4n) is 2.30. The number of carbonyl (C=O) groups is 2. The van der Waals surface area contributed by atoms with Crippen LogP contribution in [0.25, 0.3) is 0 Å². The van der Waals surface area contributed by atoms with Crippen molar-refractivity contribution < 1.29 is 14.3 Å². The number of hydrogen-bond donors (Lipinski definition) is 3. The highest BCUT2D eigenvalue weighted by atomic mass is 79.9. The minimum atomic E-state index is -0.339. The molecule has 3 N–H and O–H groups in total. The highest BCUT2D eigenvalue weighted by molar-refractivity contribution is 9.10. The van der Waals surface area contributed by atoms with Crippen molar-refractivity contribution in [3.63, 3.8) is 0 Å². The van der Waals surface area contributed by atoms with E-state index in [9.17, 15) is 9.59 Å². The summed E-state index contributed by atoms with van der Waals surface area (Å²) in [7, 11) is 0. The summed E-state index contributed by atoms with van der Waals surface area (Å²) in [6, 6.07) is 11.9. The molecule has 6 nitrogen and oxygen atoms in total. The van der Waals surface area contributed by atoms with Crippen LogP contribution in [0.2, 0.25) is 0 Å². The quantitative estimate of drug-likeness (QED) is 0.561. The van der Waals surface area contributed by atoms with E-state index in [0.29, 0.717) is 33.6 Å². The van der Waals surface area contributed by atoms with Gasteiger partial charge in [0.1, 0.15) is 5.75 Å². The zero-order valence-corrected chi connectivity index (χ0v) is 18.2. The van der Waals surface area contributed by atoms with Gasteiger partial charge in [-0.1, -0.05) is 0 Å². The summed E-state index contributed by atoms with van der Waals surface area (Å²) in [5.74, 6) is 0.189.